The van der Waals surface area contributed by atoms with Crippen LogP contribution in [-0.2, 0) is 6.42 Å². The maximum absolute atomic E-state index is 14.2. The Balaban J connectivity index is 1.47. The molecular weight excluding hydrogens is 503 g/mol. The lowest BCUT2D eigenvalue weighted by Crippen LogP contribution is -2.45. The first-order chi connectivity index (χ1) is 18.3. The molecule has 1 aliphatic heterocycles. The zero-order valence-corrected chi connectivity index (χ0v) is 22.2. The van der Waals surface area contributed by atoms with Gasteiger partial charge in [0, 0.05) is 50.0 Å². The van der Waals surface area contributed by atoms with Crippen LogP contribution in [0.25, 0.3) is 22.0 Å². The maximum Gasteiger partial charge on any atom is 0.170 e. The van der Waals surface area contributed by atoms with E-state index in [-0.39, 0.29) is 10.8 Å². The summed E-state index contributed by atoms with van der Waals surface area (Å²) in [5.41, 5.74) is 5.09. The number of phenols is 1. The summed E-state index contributed by atoms with van der Waals surface area (Å²) in [4.78, 5) is 21.9. The van der Waals surface area contributed by atoms with Crippen molar-refractivity contribution in [2.75, 3.05) is 45.1 Å². The number of carbonyl (C=O) groups is 1. The molecule has 2 heterocycles. The van der Waals surface area contributed by atoms with Crippen LogP contribution in [0.2, 0.25) is 5.02 Å². The Labute approximate surface area is 226 Å². The summed E-state index contributed by atoms with van der Waals surface area (Å²) in [6, 6.07) is 16.5. The van der Waals surface area contributed by atoms with Gasteiger partial charge in [0.05, 0.1) is 21.8 Å². The van der Waals surface area contributed by atoms with Crippen molar-refractivity contribution in [3.05, 3.63) is 82.8 Å². The number of halogens is 2. The van der Waals surface area contributed by atoms with Crippen molar-refractivity contribution in [3.8, 4) is 16.9 Å². The predicted molar refractivity (Wildman–Crippen MR) is 151 cm³/mol. The highest BCUT2D eigenvalue weighted by Crippen LogP contribution is 2.36. The van der Waals surface area contributed by atoms with Crippen molar-refractivity contribution in [1.29, 1.82) is 0 Å². The molecule has 1 aliphatic rings. The number of benzene rings is 3. The van der Waals surface area contributed by atoms with Crippen LogP contribution in [-0.4, -0.2) is 65.4 Å². The van der Waals surface area contributed by atoms with E-state index in [1.54, 1.807) is 6.20 Å². The number of ketones is 1. The van der Waals surface area contributed by atoms with Crippen LogP contribution >= 0.6 is 11.6 Å². The van der Waals surface area contributed by atoms with Crippen LogP contribution in [0.1, 0.15) is 22.8 Å². The summed E-state index contributed by atoms with van der Waals surface area (Å²) in [6.45, 7) is 6.86. The molecule has 0 aliphatic carbocycles. The SMILES string of the molecule is CC(=O)c1cnc2ccc(-c3cc(F)c(O)c(Cl)c3)cc2c1Nc1cccc(CCN2CCN(C)CC2)c1. The normalized spacial score (nSPS) is 14.6. The number of aromatic hydroxyl groups is 1. The van der Waals surface area contributed by atoms with E-state index in [0.29, 0.717) is 27.9 Å². The minimum atomic E-state index is -0.796. The third-order valence-corrected chi connectivity index (χ3v) is 7.39. The van der Waals surface area contributed by atoms with Crippen molar-refractivity contribution in [2.24, 2.45) is 0 Å². The van der Waals surface area contributed by atoms with Crippen molar-refractivity contribution >= 4 is 39.7 Å². The average Bonchev–Trinajstić information content (AvgIpc) is 2.91. The standard InChI is InChI=1S/C30H30ClFN4O2/c1-19(37)25-18-33-28-7-6-21(22-16-26(31)30(38)27(32)17-22)15-24(28)29(25)34-23-5-3-4-20(14-23)8-9-36-12-10-35(2)11-13-36/h3-7,14-18,38H,8-13H2,1-2H3,(H,33,34). The van der Waals surface area contributed by atoms with Crippen molar-refractivity contribution in [1.82, 2.24) is 14.8 Å². The number of fused-ring (bicyclic) bond motifs is 1. The molecule has 0 unspecified atom stereocenters. The Bertz CT molecular complexity index is 1480. The second kappa shape index (κ2) is 11.1. The van der Waals surface area contributed by atoms with E-state index in [1.807, 2.05) is 30.3 Å². The first-order valence-corrected chi connectivity index (χ1v) is 13.1. The van der Waals surface area contributed by atoms with Crippen molar-refractivity contribution in [3.63, 3.8) is 0 Å². The van der Waals surface area contributed by atoms with Gasteiger partial charge in [0.25, 0.3) is 0 Å². The highest BCUT2D eigenvalue weighted by Gasteiger charge is 2.17. The molecule has 5 rings (SSSR count). The molecule has 6 nitrogen and oxygen atoms in total. The molecule has 2 N–H and O–H groups in total. The quantitative estimate of drug-likeness (QED) is 0.279. The molecule has 0 atom stereocenters. The fourth-order valence-corrected chi connectivity index (χ4v) is 5.02. The molecule has 196 valence electrons. The number of rotatable bonds is 7. The first-order valence-electron chi connectivity index (χ1n) is 12.7. The number of likely N-dealkylation sites (N-methyl/N-ethyl adjacent to an activating group) is 1. The minimum Gasteiger partial charge on any atom is -0.504 e. The summed E-state index contributed by atoms with van der Waals surface area (Å²) in [7, 11) is 2.16. The highest BCUT2D eigenvalue weighted by molar-refractivity contribution is 6.32. The largest absolute Gasteiger partial charge is 0.504 e. The van der Waals surface area contributed by atoms with Gasteiger partial charge in [0.1, 0.15) is 0 Å². The molecule has 0 spiro atoms. The molecule has 0 amide bonds. The number of Topliss-reactive ketones (excluding diaryl/α,β-unsaturated/α-hetero) is 1. The third-order valence-electron chi connectivity index (χ3n) is 7.11. The van der Waals surface area contributed by atoms with E-state index in [1.165, 1.54) is 24.6 Å². The zero-order chi connectivity index (χ0) is 26.8. The number of nitrogens with one attached hydrogen (secondary N) is 1. The summed E-state index contributed by atoms with van der Waals surface area (Å²) < 4.78 is 14.2. The van der Waals surface area contributed by atoms with Crippen LogP contribution in [0.5, 0.6) is 5.75 Å². The van der Waals surface area contributed by atoms with E-state index >= 15 is 0 Å². The fourth-order valence-electron chi connectivity index (χ4n) is 4.81. The predicted octanol–water partition coefficient (Wildman–Crippen LogP) is 6.14. The van der Waals surface area contributed by atoms with Crippen molar-refractivity contribution in [2.45, 2.75) is 13.3 Å². The fraction of sp³-hybridized carbons (Fsp3) is 0.267. The van der Waals surface area contributed by atoms with Gasteiger partial charge in [-0.25, -0.2) is 4.39 Å². The summed E-state index contributed by atoms with van der Waals surface area (Å²) >= 11 is 6.02. The molecule has 4 aromatic rings. The Kier molecular flexibility index (Phi) is 7.61. The van der Waals surface area contributed by atoms with E-state index < -0.39 is 11.6 Å². The number of anilines is 2. The molecule has 1 saturated heterocycles. The number of hydrogen-bond donors (Lipinski definition) is 2. The van der Waals surface area contributed by atoms with Gasteiger partial charge in [-0.05, 0) is 73.5 Å². The number of carbonyl (C=O) groups excluding carboxylic acids is 1. The minimum absolute atomic E-state index is 0.0672. The molecular formula is C30H30ClFN4O2. The van der Waals surface area contributed by atoms with Gasteiger partial charge in [-0.3, -0.25) is 9.78 Å². The van der Waals surface area contributed by atoms with E-state index in [9.17, 15) is 14.3 Å². The van der Waals surface area contributed by atoms with Gasteiger partial charge in [-0.2, -0.15) is 0 Å². The average molecular weight is 533 g/mol. The van der Waals surface area contributed by atoms with Crippen LogP contribution < -0.4 is 5.32 Å². The smallest absolute Gasteiger partial charge is 0.170 e. The number of phenolic OH excluding ortho intramolecular Hbond substituents is 1. The van der Waals surface area contributed by atoms with E-state index in [0.717, 1.165) is 50.2 Å². The van der Waals surface area contributed by atoms with Crippen LogP contribution in [0.4, 0.5) is 15.8 Å². The number of pyridine rings is 1. The molecule has 0 bridgehead atoms. The molecule has 0 radical (unpaired) electrons. The van der Waals surface area contributed by atoms with E-state index in [4.69, 9.17) is 11.6 Å². The van der Waals surface area contributed by atoms with E-state index in [2.05, 4.69) is 39.3 Å². The molecule has 3 aromatic carbocycles. The molecule has 1 fully saturated rings. The second-order valence-corrected chi connectivity index (χ2v) is 10.3. The lowest BCUT2D eigenvalue weighted by molar-refractivity contribution is 0.101. The zero-order valence-electron chi connectivity index (χ0n) is 21.5. The van der Waals surface area contributed by atoms with Crippen molar-refractivity contribution < 1.29 is 14.3 Å². The van der Waals surface area contributed by atoms with Crippen LogP contribution in [0.3, 0.4) is 0 Å². The lowest BCUT2D eigenvalue weighted by atomic mass is 9.99. The topological polar surface area (TPSA) is 68.7 Å². The van der Waals surface area contributed by atoms with Gasteiger partial charge in [0.15, 0.2) is 17.3 Å². The summed E-state index contributed by atoms with van der Waals surface area (Å²) in [6.07, 6.45) is 2.52. The molecule has 1 aromatic heterocycles. The van der Waals surface area contributed by atoms with Gasteiger partial charge in [0.2, 0.25) is 0 Å². The third kappa shape index (κ3) is 5.65. The van der Waals surface area contributed by atoms with Crippen LogP contribution in [0.15, 0.2) is 60.8 Å². The lowest BCUT2D eigenvalue weighted by Gasteiger charge is -2.32. The van der Waals surface area contributed by atoms with Gasteiger partial charge >= 0.3 is 0 Å². The Morgan fingerprint density at radius 1 is 1.08 bits per heavy atom. The molecule has 0 saturated carbocycles. The maximum atomic E-state index is 14.2. The van der Waals surface area contributed by atoms with Gasteiger partial charge < -0.3 is 20.2 Å². The summed E-state index contributed by atoms with van der Waals surface area (Å²) in [5.74, 6) is -1.49. The molecule has 38 heavy (non-hydrogen) atoms. The van der Waals surface area contributed by atoms with Crippen LogP contribution in [0, 0.1) is 5.82 Å². The first kappa shape index (κ1) is 26.1. The Morgan fingerprint density at radius 3 is 2.61 bits per heavy atom. The Morgan fingerprint density at radius 2 is 1.87 bits per heavy atom. The monoisotopic (exact) mass is 532 g/mol. The number of aromatic nitrogens is 1. The number of piperazine rings is 1. The highest BCUT2D eigenvalue weighted by atomic mass is 35.5. The summed E-state index contributed by atoms with van der Waals surface area (Å²) in [5, 5.41) is 13.9. The molecule has 8 heteroatoms. The second-order valence-electron chi connectivity index (χ2n) is 9.84. The number of nitrogens with zero attached hydrogens (tertiary/aromatic N) is 3. The number of hydrogen-bond acceptors (Lipinski definition) is 6. The van der Waals surface area contributed by atoms with Gasteiger partial charge in [-0.15, -0.1) is 0 Å². The Hall–Kier alpha value is -3.52. The van der Waals surface area contributed by atoms with Gasteiger partial charge in [-0.1, -0.05) is 29.8 Å².